The third-order valence-electron chi connectivity index (χ3n) is 2.73. The Balaban J connectivity index is 2.32. The van der Waals surface area contributed by atoms with Gasteiger partial charge in [0.15, 0.2) is 0 Å². The van der Waals surface area contributed by atoms with Gasteiger partial charge in [0.25, 0.3) is 0 Å². The summed E-state index contributed by atoms with van der Waals surface area (Å²) >= 11 is 0. The second kappa shape index (κ2) is 6.05. The van der Waals surface area contributed by atoms with Crippen LogP contribution in [0.5, 0.6) is 0 Å². The molecule has 1 fully saturated rings. The van der Waals surface area contributed by atoms with Crippen molar-refractivity contribution in [2.45, 2.75) is 31.4 Å². The van der Waals surface area contributed by atoms with E-state index in [2.05, 4.69) is 0 Å². The fourth-order valence-corrected chi connectivity index (χ4v) is 1.69. The molecular formula is C10H20N2O3. The van der Waals surface area contributed by atoms with E-state index >= 15 is 0 Å². The number of rotatable bonds is 4. The largest absolute Gasteiger partial charge is 0.393 e. The lowest BCUT2D eigenvalue weighted by molar-refractivity contribution is -0.135. The van der Waals surface area contributed by atoms with Crippen LogP contribution in [-0.2, 0) is 9.53 Å². The second-order valence-corrected chi connectivity index (χ2v) is 3.94. The smallest absolute Gasteiger partial charge is 0.239 e. The molecule has 1 amide bonds. The summed E-state index contributed by atoms with van der Waals surface area (Å²) in [6.07, 6.45) is 1.60. The number of carbonyl (C=O) groups excluding carboxylic acids is 1. The van der Waals surface area contributed by atoms with Crippen LogP contribution in [0.25, 0.3) is 0 Å². The van der Waals surface area contributed by atoms with Crippen molar-refractivity contribution >= 4 is 5.91 Å². The molecule has 1 heterocycles. The summed E-state index contributed by atoms with van der Waals surface area (Å²) in [7, 11) is 1.59. The number of aliphatic hydroxyl groups excluding tert-OH is 1. The first-order valence-electron chi connectivity index (χ1n) is 5.36. The highest BCUT2D eigenvalue weighted by Gasteiger charge is 2.24. The molecule has 1 aliphatic rings. The number of methoxy groups -OCH3 is 1. The standard InChI is InChI=1S/C10H20N2O3/c1-15-7-4-9(11)10(14)12-5-2-8(13)3-6-12/h8-9,13H,2-7,11H2,1H3. The Labute approximate surface area is 90.2 Å². The molecule has 88 valence electrons. The third-order valence-corrected chi connectivity index (χ3v) is 2.73. The number of ether oxygens (including phenoxy) is 1. The van der Waals surface area contributed by atoms with Crippen LogP contribution in [0.4, 0.5) is 0 Å². The number of hydrogen-bond acceptors (Lipinski definition) is 4. The zero-order valence-electron chi connectivity index (χ0n) is 9.19. The van der Waals surface area contributed by atoms with Crippen LogP contribution in [-0.4, -0.2) is 54.9 Å². The van der Waals surface area contributed by atoms with Gasteiger partial charge >= 0.3 is 0 Å². The van der Waals surface area contributed by atoms with Gasteiger partial charge in [-0.25, -0.2) is 0 Å². The maximum absolute atomic E-state index is 11.8. The van der Waals surface area contributed by atoms with E-state index in [1.807, 2.05) is 0 Å². The maximum atomic E-state index is 11.8. The predicted molar refractivity (Wildman–Crippen MR) is 56.3 cm³/mol. The molecule has 0 aromatic rings. The first-order chi connectivity index (χ1) is 7.15. The topological polar surface area (TPSA) is 75.8 Å². The molecule has 0 radical (unpaired) electrons. The molecule has 3 N–H and O–H groups in total. The van der Waals surface area contributed by atoms with Crippen molar-refractivity contribution < 1.29 is 14.6 Å². The Kier molecular flexibility index (Phi) is 5.01. The maximum Gasteiger partial charge on any atom is 0.239 e. The van der Waals surface area contributed by atoms with Crippen molar-refractivity contribution in [3.05, 3.63) is 0 Å². The highest BCUT2D eigenvalue weighted by atomic mass is 16.5. The summed E-state index contributed by atoms with van der Waals surface area (Å²) in [5, 5.41) is 9.30. The number of nitrogens with zero attached hydrogens (tertiary/aromatic N) is 1. The molecule has 1 unspecified atom stereocenters. The van der Waals surface area contributed by atoms with Crippen LogP contribution < -0.4 is 5.73 Å². The van der Waals surface area contributed by atoms with Gasteiger partial charge in [-0.3, -0.25) is 4.79 Å². The van der Waals surface area contributed by atoms with Gasteiger partial charge in [-0.1, -0.05) is 0 Å². The number of carbonyl (C=O) groups is 1. The monoisotopic (exact) mass is 216 g/mol. The van der Waals surface area contributed by atoms with Gasteiger partial charge in [0.05, 0.1) is 12.1 Å². The molecule has 15 heavy (non-hydrogen) atoms. The lowest BCUT2D eigenvalue weighted by Crippen LogP contribution is -2.48. The van der Waals surface area contributed by atoms with E-state index in [1.165, 1.54) is 0 Å². The zero-order valence-corrected chi connectivity index (χ0v) is 9.19. The van der Waals surface area contributed by atoms with Gasteiger partial charge in [-0.05, 0) is 19.3 Å². The number of hydrogen-bond donors (Lipinski definition) is 2. The quantitative estimate of drug-likeness (QED) is 0.653. The fraction of sp³-hybridized carbons (Fsp3) is 0.900. The van der Waals surface area contributed by atoms with E-state index in [0.717, 1.165) is 0 Å². The Morgan fingerprint density at radius 2 is 2.20 bits per heavy atom. The summed E-state index contributed by atoms with van der Waals surface area (Å²) in [6.45, 7) is 1.73. The van der Waals surface area contributed by atoms with Gasteiger partial charge in [-0.15, -0.1) is 0 Å². The van der Waals surface area contributed by atoms with Crippen LogP contribution in [0.1, 0.15) is 19.3 Å². The lowest BCUT2D eigenvalue weighted by atomic mass is 10.1. The van der Waals surface area contributed by atoms with Crippen LogP contribution in [0.15, 0.2) is 0 Å². The predicted octanol–water partition coefficient (Wildman–Crippen LogP) is -0.666. The summed E-state index contributed by atoms with van der Waals surface area (Å²) in [4.78, 5) is 13.5. The van der Waals surface area contributed by atoms with E-state index in [4.69, 9.17) is 10.5 Å². The Hall–Kier alpha value is -0.650. The molecule has 0 aromatic heterocycles. The summed E-state index contributed by atoms with van der Waals surface area (Å²) < 4.78 is 4.88. The Morgan fingerprint density at radius 1 is 1.60 bits per heavy atom. The van der Waals surface area contributed by atoms with Crippen LogP contribution in [0.3, 0.4) is 0 Å². The van der Waals surface area contributed by atoms with Crippen LogP contribution in [0, 0.1) is 0 Å². The molecule has 5 nitrogen and oxygen atoms in total. The molecule has 0 saturated carbocycles. The minimum absolute atomic E-state index is 0.0287. The summed E-state index contributed by atoms with van der Waals surface area (Å²) in [5.41, 5.74) is 5.74. The molecule has 5 heteroatoms. The number of aliphatic hydroxyl groups is 1. The fourth-order valence-electron chi connectivity index (χ4n) is 1.69. The normalized spacial score (nSPS) is 20.3. The van der Waals surface area contributed by atoms with Gasteiger partial charge < -0.3 is 20.5 Å². The summed E-state index contributed by atoms with van der Waals surface area (Å²) in [5.74, 6) is -0.0287. The molecule has 0 aliphatic carbocycles. The molecule has 1 atom stereocenters. The van der Waals surface area contributed by atoms with Gasteiger partial charge in [0, 0.05) is 26.8 Å². The Morgan fingerprint density at radius 3 is 2.73 bits per heavy atom. The average Bonchev–Trinajstić information content (AvgIpc) is 2.26. The molecule has 0 aromatic carbocycles. The summed E-state index contributed by atoms with van der Waals surface area (Å²) in [6, 6.07) is -0.472. The minimum Gasteiger partial charge on any atom is -0.393 e. The van der Waals surface area contributed by atoms with Crippen LogP contribution >= 0.6 is 0 Å². The lowest BCUT2D eigenvalue weighted by Gasteiger charge is -2.31. The number of nitrogens with two attached hydrogens (primary N) is 1. The van der Waals surface area contributed by atoms with Crippen LogP contribution in [0.2, 0.25) is 0 Å². The highest BCUT2D eigenvalue weighted by Crippen LogP contribution is 2.11. The number of amides is 1. The van der Waals surface area contributed by atoms with E-state index in [-0.39, 0.29) is 12.0 Å². The van der Waals surface area contributed by atoms with Crippen molar-refractivity contribution in [3.8, 4) is 0 Å². The van der Waals surface area contributed by atoms with Crippen molar-refractivity contribution in [2.75, 3.05) is 26.8 Å². The van der Waals surface area contributed by atoms with Gasteiger partial charge in [-0.2, -0.15) is 0 Å². The van der Waals surface area contributed by atoms with E-state index in [0.29, 0.717) is 39.0 Å². The first-order valence-corrected chi connectivity index (χ1v) is 5.36. The highest BCUT2D eigenvalue weighted by molar-refractivity contribution is 5.81. The van der Waals surface area contributed by atoms with Crippen molar-refractivity contribution in [1.82, 2.24) is 4.90 Å². The SMILES string of the molecule is COCCC(N)C(=O)N1CCC(O)CC1. The molecular weight excluding hydrogens is 196 g/mol. The van der Waals surface area contributed by atoms with Gasteiger partial charge in [0.1, 0.15) is 0 Å². The van der Waals surface area contributed by atoms with Crippen molar-refractivity contribution in [2.24, 2.45) is 5.73 Å². The van der Waals surface area contributed by atoms with Gasteiger partial charge in [0.2, 0.25) is 5.91 Å². The van der Waals surface area contributed by atoms with E-state index < -0.39 is 6.04 Å². The average molecular weight is 216 g/mol. The molecule has 1 rings (SSSR count). The third kappa shape index (κ3) is 3.77. The molecule has 1 saturated heterocycles. The molecule has 0 bridgehead atoms. The number of likely N-dealkylation sites (tertiary alicyclic amines) is 1. The zero-order chi connectivity index (χ0) is 11.3. The second-order valence-electron chi connectivity index (χ2n) is 3.94. The first kappa shape index (κ1) is 12.4. The van der Waals surface area contributed by atoms with E-state index in [1.54, 1.807) is 12.0 Å². The van der Waals surface area contributed by atoms with E-state index in [9.17, 15) is 9.90 Å². The van der Waals surface area contributed by atoms with Crippen molar-refractivity contribution in [3.63, 3.8) is 0 Å². The minimum atomic E-state index is -0.472. The molecule has 1 aliphatic heterocycles. The number of piperidine rings is 1. The Bertz CT molecular complexity index is 203. The molecule has 0 spiro atoms. The van der Waals surface area contributed by atoms with Crippen molar-refractivity contribution in [1.29, 1.82) is 0 Å².